The van der Waals surface area contributed by atoms with Gasteiger partial charge in [0.1, 0.15) is 0 Å². The van der Waals surface area contributed by atoms with Crippen LogP contribution < -0.4 is 0 Å². The van der Waals surface area contributed by atoms with E-state index in [1.807, 2.05) is 0 Å². The molecule has 0 aromatic rings. The summed E-state index contributed by atoms with van der Waals surface area (Å²) in [6, 6.07) is 0. The molecule has 28 heavy (non-hydrogen) atoms. The molecule has 1 unspecified atom stereocenters. The Bertz CT molecular complexity index is 540. The maximum absolute atomic E-state index is 11.3. The van der Waals surface area contributed by atoms with Gasteiger partial charge >= 0.3 is 0 Å². The zero-order chi connectivity index (χ0) is 20.1. The normalized spacial score (nSPS) is 49.4. The standard InChI is InChI=1S/C27H48O/c1-18(2)9-8-10-19(3)25-24(28)17-23-21-13-12-20-11-6-7-15-26(20,4)22(21)14-16-27(23,25)5/h18-25,28H,6-17H2,1-5H3/t19-,20-,21-,22+,23+,24?,25+,26+,27+/m1/s1. The van der Waals surface area contributed by atoms with E-state index in [0.717, 1.165) is 36.0 Å². The van der Waals surface area contributed by atoms with E-state index in [-0.39, 0.29) is 6.10 Å². The van der Waals surface area contributed by atoms with Crippen molar-refractivity contribution >= 4 is 0 Å². The Kier molecular flexibility index (Phi) is 5.98. The first kappa shape index (κ1) is 21.2. The molecule has 0 amide bonds. The van der Waals surface area contributed by atoms with Gasteiger partial charge in [-0.15, -0.1) is 0 Å². The highest BCUT2D eigenvalue weighted by Gasteiger charge is 2.62. The van der Waals surface area contributed by atoms with Crippen molar-refractivity contribution < 1.29 is 5.11 Å². The van der Waals surface area contributed by atoms with Gasteiger partial charge in [0.15, 0.2) is 0 Å². The van der Waals surface area contributed by atoms with Gasteiger partial charge in [-0.2, -0.15) is 0 Å². The van der Waals surface area contributed by atoms with Crippen molar-refractivity contribution in [3.8, 4) is 0 Å². The highest BCUT2D eigenvalue weighted by Crippen LogP contribution is 2.68. The summed E-state index contributed by atoms with van der Waals surface area (Å²) in [6.07, 6.45) is 16.8. The predicted molar refractivity (Wildman–Crippen MR) is 119 cm³/mol. The third-order valence-corrected chi connectivity index (χ3v) is 10.7. The van der Waals surface area contributed by atoms with Crippen LogP contribution in [-0.2, 0) is 0 Å². The molecule has 162 valence electrons. The fraction of sp³-hybridized carbons (Fsp3) is 1.00. The smallest absolute Gasteiger partial charge is 0.0579 e. The average molecular weight is 389 g/mol. The molecule has 0 radical (unpaired) electrons. The van der Waals surface area contributed by atoms with Crippen LogP contribution in [0.1, 0.15) is 112 Å². The highest BCUT2D eigenvalue weighted by atomic mass is 16.3. The first-order chi connectivity index (χ1) is 13.3. The minimum atomic E-state index is -0.0420. The summed E-state index contributed by atoms with van der Waals surface area (Å²) >= 11 is 0. The van der Waals surface area contributed by atoms with Crippen LogP contribution in [0, 0.1) is 52.3 Å². The number of aliphatic hydroxyl groups excluding tert-OH is 1. The van der Waals surface area contributed by atoms with Crippen LogP contribution >= 0.6 is 0 Å². The van der Waals surface area contributed by atoms with E-state index < -0.39 is 0 Å². The lowest BCUT2D eigenvalue weighted by Gasteiger charge is -2.60. The lowest BCUT2D eigenvalue weighted by Crippen LogP contribution is -2.53. The maximum atomic E-state index is 11.3. The fourth-order valence-corrected chi connectivity index (χ4v) is 9.40. The molecule has 4 aliphatic carbocycles. The Morgan fingerprint density at radius 2 is 1.64 bits per heavy atom. The van der Waals surface area contributed by atoms with E-state index in [1.54, 1.807) is 0 Å². The second-order valence-electron chi connectivity index (χ2n) is 12.6. The summed E-state index contributed by atoms with van der Waals surface area (Å²) in [5.74, 6) is 5.69. The average Bonchev–Trinajstić information content (AvgIpc) is 2.91. The van der Waals surface area contributed by atoms with Gasteiger partial charge in [-0.1, -0.05) is 66.7 Å². The molecule has 0 aliphatic heterocycles. The molecule has 4 saturated carbocycles. The third-order valence-electron chi connectivity index (χ3n) is 10.7. The SMILES string of the molecule is CC(C)CCC[C@@H](C)[C@H]1C(O)C[C@H]2[C@@H]3CC[C@H]4CCCC[C@]4(C)[C@H]3CC[C@]12C. The molecule has 4 fully saturated rings. The summed E-state index contributed by atoms with van der Waals surface area (Å²) < 4.78 is 0. The Morgan fingerprint density at radius 3 is 2.39 bits per heavy atom. The quantitative estimate of drug-likeness (QED) is 0.518. The lowest BCUT2D eigenvalue weighted by atomic mass is 9.44. The van der Waals surface area contributed by atoms with E-state index in [4.69, 9.17) is 0 Å². The largest absolute Gasteiger partial charge is 0.393 e. The zero-order valence-corrected chi connectivity index (χ0v) is 19.6. The maximum Gasteiger partial charge on any atom is 0.0579 e. The van der Waals surface area contributed by atoms with Gasteiger partial charge in [-0.25, -0.2) is 0 Å². The second kappa shape index (κ2) is 7.90. The fourth-order valence-electron chi connectivity index (χ4n) is 9.40. The van der Waals surface area contributed by atoms with Crippen molar-refractivity contribution in [2.75, 3.05) is 0 Å². The molecular weight excluding hydrogens is 340 g/mol. The molecule has 0 heterocycles. The molecule has 0 aromatic carbocycles. The van der Waals surface area contributed by atoms with E-state index in [0.29, 0.717) is 22.7 Å². The molecule has 1 nitrogen and oxygen atoms in total. The van der Waals surface area contributed by atoms with Gasteiger partial charge in [0, 0.05) is 0 Å². The zero-order valence-electron chi connectivity index (χ0n) is 19.6. The Labute approximate surface area is 175 Å². The Hall–Kier alpha value is -0.0400. The summed E-state index contributed by atoms with van der Waals surface area (Å²) in [5.41, 5.74) is 1.02. The molecule has 0 bridgehead atoms. The number of aliphatic hydroxyl groups is 1. The number of rotatable bonds is 5. The van der Waals surface area contributed by atoms with E-state index in [1.165, 1.54) is 70.6 Å². The minimum absolute atomic E-state index is 0.0420. The van der Waals surface area contributed by atoms with Crippen molar-refractivity contribution in [2.24, 2.45) is 52.3 Å². The molecule has 1 heteroatoms. The first-order valence-corrected chi connectivity index (χ1v) is 13.0. The van der Waals surface area contributed by atoms with Crippen molar-refractivity contribution in [1.29, 1.82) is 0 Å². The molecule has 0 aromatic heterocycles. The highest BCUT2D eigenvalue weighted by molar-refractivity contribution is 5.11. The van der Waals surface area contributed by atoms with Crippen molar-refractivity contribution in [1.82, 2.24) is 0 Å². The minimum Gasteiger partial charge on any atom is -0.393 e. The number of hydrogen-bond donors (Lipinski definition) is 1. The molecule has 4 aliphatic rings. The van der Waals surface area contributed by atoms with E-state index in [9.17, 15) is 5.11 Å². The first-order valence-electron chi connectivity index (χ1n) is 13.0. The molecule has 9 atom stereocenters. The van der Waals surface area contributed by atoms with Gasteiger partial charge in [-0.3, -0.25) is 0 Å². The topological polar surface area (TPSA) is 20.2 Å². The molecular formula is C27H48O. The summed E-state index contributed by atoms with van der Waals surface area (Å²) in [4.78, 5) is 0. The van der Waals surface area contributed by atoms with Crippen LogP contribution in [0.25, 0.3) is 0 Å². The third kappa shape index (κ3) is 3.40. The van der Waals surface area contributed by atoms with Gasteiger partial charge in [-0.05, 0) is 97.2 Å². The Morgan fingerprint density at radius 1 is 0.857 bits per heavy atom. The van der Waals surface area contributed by atoms with Crippen LogP contribution in [0.4, 0.5) is 0 Å². The van der Waals surface area contributed by atoms with Crippen LogP contribution in [0.2, 0.25) is 0 Å². The van der Waals surface area contributed by atoms with Crippen LogP contribution in [0.3, 0.4) is 0 Å². The van der Waals surface area contributed by atoms with Crippen LogP contribution in [-0.4, -0.2) is 11.2 Å². The molecule has 0 saturated heterocycles. The molecule has 4 rings (SSSR count). The number of fused-ring (bicyclic) bond motifs is 5. The van der Waals surface area contributed by atoms with Crippen LogP contribution in [0.15, 0.2) is 0 Å². The van der Waals surface area contributed by atoms with Crippen molar-refractivity contribution in [3.05, 3.63) is 0 Å². The number of hydrogen-bond acceptors (Lipinski definition) is 1. The van der Waals surface area contributed by atoms with E-state index in [2.05, 4.69) is 34.6 Å². The summed E-state index contributed by atoms with van der Waals surface area (Å²) in [6.45, 7) is 12.4. The van der Waals surface area contributed by atoms with Gasteiger partial charge in [0.05, 0.1) is 6.10 Å². The van der Waals surface area contributed by atoms with Gasteiger partial charge in [0.2, 0.25) is 0 Å². The van der Waals surface area contributed by atoms with E-state index >= 15 is 0 Å². The summed E-state index contributed by atoms with van der Waals surface area (Å²) in [7, 11) is 0. The second-order valence-corrected chi connectivity index (χ2v) is 12.6. The van der Waals surface area contributed by atoms with Crippen LogP contribution in [0.5, 0.6) is 0 Å². The van der Waals surface area contributed by atoms with Gasteiger partial charge in [0.25, 0.3) is 0 Å². The monoisotopic (exact) mass is 388 g/mol. The van der Waals surface area contributed by atoms with Crippen molar-refractivity contribution in [2.45, 2.75) is 118 Å². The molecule has 0 spiro atoms. The van der Waals surface area contributed by atoms with Crippen molar-refractivity contribution in [3.63, 3.8) is 0 Å². The molecule has 1 N–H and O–H groups in total. The Balaban J connectivity index is 1.51. The van der Waals surface area contributed by atoms with Gasteiger partial charge < -0.3 is 5.11 Å². The summed E-state index contributed by atoms with van der Waals surface area (Å²) in [5, 5.41) is 11.3. The lowest BCUT2D eigenvalue weighted by molar-refractivity contribution is -0.115. The predicted octanol–water partition coefficient (Wildman–Crippen LogP) is 7.47.